The standard InChI is InChI=1S/2C12H11NO2.C3H2F6/c2*13-9-3-1-5-11(7-9)15-12-6-2-4-10(14)8-12;4-2(5,6)1-3(7,8)9/h2*1-8,14H,13H2;1H2. The molecule has 0 aliphatic heterocycles. The van der Waals surface area contributed by atoms with Crippen molar-refractivity contribution in [1.29, 1.82) is 0 Å². The van der Waals surface area contributed by atoms with Crippen LogP contribution < -0.4 is 20.9 Å². The van der Waals surface area contributed by atoms with Gasteiger partial charge in [-0.25, -0.2) is 0 Å². The summed E-state index contributed by atoms with van der Waals surface area (Å²) in [6, 6.07) is 27.5. The van der Waals surface area contributed by atoms with Crippen LogP contribution in [0.3, 0.4) is 0 Å². The number of anilines is 2. The van der Waals surface area contributed by atoms with E-state index in [2.05, 4.69) is 0 Å². The fourth-order valence-electron chi connectivity index (χ4n) is 2.75. The second-order valence-corrected chi connectivity index (χ2v) is 7.75. The van der Waals surface area contributed by atoms with Crippen molar-refractivity contribution in [3.63, 3.8) is 0 Å². The lowest BCUT2D eigenvalue weighted by Gasteiger charge is -2.08. The minimum Gasteiger partial charge on any atom is -0.508 e. The summed E-state index contributed by atoms with van der Waals surface area (Å²) in [5.41, 5.74) is 12.5. The van der Waals surface area contributed by atoms with Crippen LogP contribution in [0.15, 0.2) is 97.1 Å². The van der Waals surface area contributed by atoms with Gasteiger partial charge in [0.05, 0.1) is 0 Å². The number of nitrogens with two attached hydrogens (primary N) is 2. The summed E-state index contributed by atoms with van der Waals surface area (Å²) >= 11 is 0. The van der Waals surface area contributed by atoms with Gasteiger partial charge in [-0.3, -0.25) is 0 Å². The number of halogens is 6. The maximum atomic E-state index is 10.8. The lowest BCUT2D eigenvalue weighted by Crippen LogP contribution is -2.20. The number of phenols is 2. The third kappa shape index (κ3) is 13.4. The van der Waals surface area contributed by atoms with Gasteiger partial charge in [-0.2, -0.15) is 26.3 Å². The molecule has 4 rings (SSSR count). The number of aromatic hydroxyl groups is 2. The summed E-state index contributed by atoms with van der Waals surface area (Å²) in [6.07, 6.45) is -13.0. The topological polar surface area (TPSA) is 111 Å². The van der Waals surface area contributed by atoms with E-state index in [4.69, 9.17) is 20.9 Å². The molecule has 0 amide bonds. The van der Waals surface area contributed by atoms with Crippen LogP contribution in [-0.4, -0.2) is 22.6 Å². The second kappa shape index (κ2) is 13.7. The van der Waals surface area contributed by atoms with Crippen LogP contribution in [0.2, 0.25) is 0 Å². The highest BCUT2D eigenvalue weighted by Crippen LogP contribution is 2.32. The smallest absolute Gasteiger partial charge is 0.397 e. The zero-order valence-corrected chi connectivity index (χ0v) is 20.1. The van der Waals surface area contributed by atoms with Crippen LogP contribution in [0, 0.1) is 0 Å². The number of alkyl halides is 6. The Balaban J connectivity index is 0.000000213. The van der Waals surface area contributed by atoms with Gasteiger partial charge < -0.3 is 31.2 Å². The maximum absolute atomic E-state index is 10.8. The van der Waals surface area contributed by atoms with Crippen molar-refractivity contribution in [2.75, 3.05) is 11.5 Å². The van der Waals surface area contributed by atoms with Crippen LogP contribution in [0.5, 0.6) is 34.5 Å². The maximum Gasteiger partial charge on any atom is 0.397 e. The number of ether oxygens (including phenoxy) is 2. The van der Waals surface area contributed by atoms with E-state index in [0.717, 1.165) is 0 Å². The summed E-state index contributed by atoms with van der Waals surface area (Å²) < 4.78 is 76.0. The average Bonchev–Trinajstić information content (AvgIpc) is 2.78. The van der Waals surface area contributed by atoms with E-state index in [-0.39, 0.29) is 11.5 Å². The molecule has 0 atom stereocenters. The molecular weight excluding hydrogens is 530 g/mol. The average molecular weight is 554 g/mol. The molecule has 208 valence electrons. The molecule has 0 aliphatic rings. The van der Waals surface area contributed by atoms with Crippen molar-refractivity contribution in [1.82, 2.24) is 0 Å². The molecular formula is C27H24F6N2O4. The van der Waals surface area contributed by atoms with Crippen LogP contribution >= 0.6 is 0 Å². The van der Waals surface area contributed by atoms with E-state index in [1.54, 1.807) is 84.9 Å². The van der Waals surface area contributed by atoms with Gasteiger partial charge in [-0.15, -0.1) is 0 Å². The second-order valence-electron chi connectivity index (χ2n) is 7.75. The molecule has 12 heteroatoms. The van der Waals surface area contributed by atoms with Gasteiger partial charge in [-0.05, 0) is 48.5 Å². The molecule has 4 aromatic rings. The molecule has 0 spiro atoms. The normalized spacial score (nSPS) is 10.8. The summed E-state index contributed by atoms with van der Waals surface area (Å²) in [4.78, 5) is 0. The monoisotopic (exact) mass is 554 g/mol. The van der Waals surface area contributed by atoms with Crippen molar-refractivity contribution < 1.29 is 46.0 Å². The van der Waals surface area contributed by atoms with E-state index in [1.807, 2.05) is 12.1 Å². The zero-order chi connectivity index (χ0) is 29.1. The minimum atomic E-state index is -5.14. The fraction of sp³-hybridized carbons (Fsp3) is 0.111. The van der Waals surface area contributed by atoms with Crippen molar-refractivity contribution in [2.24, 2.45) is 0 Å². The molecule has 0 unspecified atom stereocenters. The van der Waals surface area contributed by atoms with Crippen molar-refractivity contribution in [3.8, 4) is 34.5 Å². The highest BCUT2D eigenvalue weighted by atomic mass is 19.4. The summed E-state index contributed by atoms with van der Waals surface area (Å²) in [5, 5.41) is 18.5. The van der Waals surface area contributed by atoms with Crippen LogP contribution in [0.4, 0.5) is 37.7 Å². The zero-order valence-electron chi connectivity index (χ0n) is 20.1. The van der Waals surface area contributed by atoms with Gasteiger partial charge in [0.15, 0.2) is 0 Å². The van der Waals surface area contributed by atoms with Gasteiger partial charge in [0.2, 0.25) is 0 Å². The van der Waals surface area contributed by atoms with E-state index in [9.17, 15) is 36.6 Å². The third-order valence-corrected chi connectivity index (χ3v) is 4.22. The van der Waals surface area contributed by atoms with Crippen molar-refractivity contribution in [2.45, 2.75) is 18.8 Å². The molecule has 0 heterocycles. The predicted molar refractivity (Wildman–Crippen MR) is 135 cm³/mol. The van der Waals surface area contributed by atoms with E-state index >= 15 is 0 Å². The molecule has 0 aromatic heterocycles. The molecule has 0 saturated heterocycles. The molecule has 4 aromatic carbocycles. The van der Waals surface area contributed by atoms with Crippen LogP contribution in [0.1, 0.15) is 6.42 Å². The minimum absolute atomic E-state index is 0.177. The van der Waals surface area contributed by atoms with Gasteiger partial charge in [0.1, 0.15) is 40.9 Å². The van der Waals surface area contributed by atoms with Crippen LogP contribution in [-0.2, 0) is 0 Å². The number of benzene rings is 4. The van der Waals surface area contributed by atoms with E-state index in [0.29, 0.717) is 34.4 Å². The Bertz CT molecular complexity index is 1140. The number of nitrogen functional groups attached to an aromatic ring is 2. The number of hydrogen-bond donors (Lipinski definition) is 4. The number of phenolic OH excluding ortho intramolecular Hbond substituents is 2. The van der Waals surface area contributed by atoms with Gasteiger partial charge in [0, 0.05) is 35.6 Å². The number of rotatable bonds is 4. The predicted octanol–water partition coefficient (Wildman–Crippen LogP) is 8.03. The Morgan fingerprint density at radius 1 is 0.513 bits per heavy atom. The number of hydrogen-bond acceptors (Lipinski definition) is 6. The lowest BCUT2D eigenvalue weighted by atomic mass is 10.3. The molecule has 0 bridgehead atoms. The molecule has 0 aliphatic carbocycles. The first-order valence-electron chi connectivity index (χ1n) is 11.0. The highest BCUT2D eigenvalue weighted by Gasteiger charge is 2.43. The van der Waals surface area contributed by atoms with Gasteiger partial charge in [0.25, 0.3) is 0 Å². The molecule has 6 nitrogen and oxygen atoms in total. The van der Waals surface area contributed by atoms with Gasteiger partial charge >= 0.3 is 12.4 Å². The van der Waals surface area contributed by atoms with Crippen molar-refractivity contribution >= 4 is 11.4 Å². The molecule has 0 fully saturated rings. The molecule has 0 saturated carbocycles. The Labute approximate surface area is 219 Å². The lowest BCUT2D eigenvalue weighted by molar-refractivity contribution is -0.232. The molecule has 0 radical (unpaired) electrons. The summed E-state index contributed by atoms with van der Waals surface area (Å²) in [5.74, 6) is 2.83. The highest BCUT2D eigenvalue weighted by molar-refractivity contribution is 5.46. The summed E-state index contributed by atoms with van der Waals surface area (Å²) in [6.45, 7) is 0. The SMILES string of the molecule is FC(F)(F)CC(F)(F)F.Nc1cccc(Oc2cccc(O)c2)c1.Nc1cccc(Oc2cccc(O)c2)c1. The van der Waals surface area contributed by atoms with Crippen LogP contribution in [0.25, 0.3) is 0 Å². The Hall–Kier alpha value is -4.74. The molecule has 39 heavy (non-hydrogen) atoms. The third-order valence-electron chi connectivity index (χ3n) is 4.22. The molecule has 6 N–H and O–H groups in total. The van der Waals surface area contributed by atoms with E-state index in [1.165, 1.54) is 0 Å². The Kier molecular flexibility index (Phi) is 10.7. The Morgan fingerprint density at radius 3 is 1.08 bits per heavy atom. The fourth-order valence-corrected chi connectivity index (χ4v) is 2.75. The first kappa shape index (κ1) is 30.5. The quantitative estimate of drug-likeness (QED) is 0.150. The summed E-state index contributed by atoms with van der Waals surface area (Å²) in [7, 11) is 0. The first-order valence-corrected chi connectivity index (χ1v) is 11.0. The largest absolute Gasteiger partial charge is 0.508 e. The first-order chi connectivity index (χ1) is 18.2. The van der Waals surface area contributed by atoms with Crippen molar-refractivity contribution in [3.05, 3.63) is 97.1 Å². The van der Waals surface area contributed by atoms with E-state index < -0.39 is 18.8 Å². The Morgan fingerprint density at radius 2 is 0.821 bits per heavy atom. The van der Waals surface area contributed by atoms with Gasteiger partial charge in [-0.1, -0.05) is 24.3 Å².